The van der Waals surface area contributed by atoms with E-state index in [9.17, 15) is 14.9 Å². The molecule has 0 spiro atoms. The Labute approximate surface area is 145 Å². The van der Waals surface area contributed by atoms with Crippen LogP contribution in [0, 0.1) is 10.1 Å². The minimum atomic E-state index is -0.479. The van der Waals surface area contributed by atoms with E-state index in [0.29, 0.717) is 45.1 Å². The molecule has 1 aromatic rings. The molecule has 0 radical (unpaired) electrons. The molecule has 2 aliphatic heterocycles. The number of hydrogen-bond donors (Lipinski definition) is 0. The van der Waals surface area contributed by atoms with Crippen LogP contribution in [0.25, 0.3) is 6.08 Å². The number of para-hydroxylation sites is 1. The lowest BCUT2D eigenvalue weighted by atomic mass is 10.1. The van der Waals surface area contributed by atoms with E-state index in [2.05, 4.69) is 0 Å². The summed E-state index contributed by atoms with van der Waals surface area (Å²) in [6.45, 7) is 4.58. The Bertz CT molecular complexity index is 664. The first-order valence-electron chi connectivity index (χ1n) is 8.31. The summed E-state index contributed by atoms with van der Waals surface area (Å²) >= 11 is 0. The highest BCUT2D eigenvalue weighted by Crippen LogP contribution is 2.27. The number of ether oxygens (including phenoxy) is 2. The first kappa shape index (κ1) is 17.4. The Kier molecular flexibility index (Phi) is 5.62. The van der Waals surface area contributed by atoms with E-state index in [1.807, 2.05) is 11.1 Å². The maximum atomic E-state index is 12.7. The molecular formula is C17H21N3O5. The highest BCUT2D eigenvalue weighted by atomic mass is 16.6. The molecule has 8 nitrogen and oxygen atoms in total. The number of amides is 1. The molecule has 25 heavy (non-hydrogen) atoms. The third kappa shape index (κ3) is 4.15. The molecule has 1 amide bonds. The van der Waals surface area contributed by atoms with Crippen molar-refractivity contribution in [3.8, 4) is 0 Å². The zero-order valence-electron chi connectivity index (χ0n) is 13.9. The summed E-state index contributed by atoms with van der Waals surface area (Å²) in [5.41, 5.74) is 0.398. The second-order valence-corrected chi connectivity index (χ2v) is 5.87. The first-order chi connectivity index (χ1) is 12.2. The van der Waals surface area contributed by atoms with Crippen molar-refractivity contribution in [1.29, 1.82) is 0 Å². The third-order valence-electron chi connectivity index (χ3n) is 4.29. The van der Waals surface area contributed by atoms with Crippen molar-refractivity contribution in [2.24, 2.45) is 0 Å². The van der Waals surface area contributed by atoms with Gasteiger partial charge in [-0.3, -0.25) is 14.9 Å². The van der Waals surface area contributed by atoms with Crippen LogP contribution in [0.15, 0.2) is 24.4 Å². The molecule has 1 aromatic carbocycles. The van der Waals surface area contributed by atoms with Gasteiger partial charge >= 0.3 is 0 Å². The van der Waals surface area contributed by atoms with Gasteiger partial charge in [0, 0.05) is 32.4 Å². The fourth-order valence-corrected chi connectivity index (χ4v) is 2.92. The predicted molar refractivity (Wildman–Crippen MR) is 91.2 cm³/mol. The van der Waals surface area contributed by atoms with E-state index in [4.69, 9.17) is 9.47 Å². The van der Waals surface area contributed by atoms with Crippen molar-refractivity contribution in [3.63, 3.8) is 0 Å². The van der Waals surface area contributed by atoms with Crippen LogP contribution in [0.1, 0.15) is 15.9 Å². The van der Waals surface area contributed by atoms with Crippen molar-refractivity contribution in [1.82, 2.24) is 9.80 Å². The van der Waals surface area contributed by atoms with E-state index >= 15 is 0 Å². The van der Waals surface area contributed by atoms with E-state index in [0.717, 1.165) is 13.1 Å². The number of benzene rings is 1. The molecule has 0 atom stereocenters. The summed E-state index contributed by atoms with van der Waals surface area (Å²) < 4.78 is 10.5. The topological polar surface area (TPSA) is 85.2 Å². The lowest BCUT2D eigenvalue weighted by molar-refractivity contribution is -0.385. The number of morpholine rings is 2. The fraction of sp³-hybridized carbons (Fsp3) is 0.471. The second kappa shape index (κ2) is 8.09. The van der Waals surface area contributed by atoms with Gasteiger partial charge < -0.3 is 19.3 Å². The van der Waals surface area contributed by atoms with Crippen molar-refractivity contribution < 1.29 is 19.2 Å². The molecule has 0 bridgehead atoms. The van der Waals surface area contributed by atoms with E-state index in [-0.39, 0.29) is 17.2 Å². The molecule has 8 heteroatoms. The minimum Gasteiger partial charge on any atom is -0.378 e. The second-order valence-electron chi connectivity index (χ2n) is 5.87. The van der Waals surface area contributed by atoms with Crippen LogP contribution in [-0.4, -0.2) is 73.2 Å². The molecular weight excluding hydrogens is 326 g/mol. The molecule has 0 aliphatic carbocycles. The summed E-state index contributed by atoms with van der Waals surface area (Å²) in [7, 11) is 0. The number of carbonyl (C=O) groups excluding carboxylic acids is 1. The summed E-state index contributed by atoms with van der Waals surface area (Å²) in [5, 5.41) is 11.6. The van der Waals surface area contributed by atoms with E-state index in [1.54, 1.807) is 23.1 Å². The number of carbonyl (C=O) groups is 1. The smallest absolute Gasteiger partial charge is 0.289 e. The van der Waals surface area contributed by atoms with Crippen molar-refractivity contribution >= 4 is 17.7 Å². The maximum absolute atomic E-state index is 12.7. The van der Waals surface area contributed by atoms with E-state index in [1.165, 1.54) is 6.07 Å². The maximum Gasteiger partial charge on any atom is 0.289 e. The van der Waals surface area contributed by atoms with Gasteiger partial charge in [-0.15, -0.1) is 0 Å². The normalized spacial score (nSPS) is 18.6. The van der Waals surface area contributed by atoms with Gasteiger partial charge in [0.25, 0.3) is 11.6 Å². The van der Waals surface area contributed by atoms with Crippen LogP contribution in [0.3, 0.4) is 0 Å². The van der Waals surface area contributed by atoms with Crippen LogP contribution in [-0.2, 0) is 9.47 Å². The summed E-state index contributed by atoms with van der Waals surface area (Å²) in [6.07, 6.45) is 3.52. The van der Waals surface area contributed by atoms with Crippen LogP contribution in [0.5, 0.6) is 0 Å². The van der Waals surface area contributed by atoms with Crippen molar-refractivity contribution in [2.75, 3.05) is 52.6 Å². The first-order valence-corrected chi connectivity index (χ1v) is 8.31. The molecule has 2 fully saturated rings. The summed E-state index contributed by atoms with van der Waals surface area (Å²) in [4.78, 5) is 27.5. The number of nitro benzene ring substituents is 1. The van der Waals surface area contributed by atoms with Crippen LogP contribution in [0.2, 0.25) is 0 Å². The monoisotopic (exact) mass is 347 g/mol. The highest BCUT2D eigenvalue weighted by Gasteiger charge is 2.28. The minimum absolute atomic E-state index is 0.121. The lowest BCUT2D eigenvalue weighted by Crippen LogP contribution is -2.40. The van der Waals surface area contributed by atoms with Crippen LogP contribution >= 0.6 is 0 Å². The Morgan fingerprint density at radius 2 is 1.72 bits per heavy atom. The molecule has 0 aromatic heterocycles. The SMILES string of the molecule is O=C(c1cccc(C=CN2CCOCC2)c1[N+](=O)[O-])N1CCOCC1. The Morgan fingerprint density at radius 1 is 1.08 bits per heavy atom. The molecule has 0 unspecified atom stereocenters. The molecule has 3 rings (SSSR count). The fourth-order valence-electron chi connectivity index (χ4n) is 2.92. The molecule has 2 saturated heterocycles. The Morgan fingerprint density at radius 3 is 2.36 bits per heavy atom. The standard InChI is InChI=1S/C17H21N3O5/c21-17(19-8-12-25-13-9-19)15-3-1-2-14(16(15)20(22)23)4-5-18-6-10-24-11-7-18/h1-5H,6-13H2. The van der Waals surface area contributed by atoms with Crippen LogP contribution < -0.4 is 0 Å². The summed E-state index contributed by atoms with van der Waals surface area (Å²) in [5.74, 6) is -0.323. The van der Waals surface area contributed by atoms with Gasteiger partial charge in [-0.25, -0.2) is 0 Å². The number of nitro groups is 1. The van der Waals surface area contributed by atoms with Gasteiger partial charge in [0.05, 0.1) is 36.9 Å². The van der Waals surface area contributed by atoms with Gasteiger partial charge in [0.2, 0.25) is 0 Å². The van der Waals surface area contributed by atoms with Gasteiger partial charge in [-0.05, 0) is 18.2 Å². The Balaban J connectivity index is 1.87. The third-order valence-corrected chi connectivity index (χ3v) is 4.29. The molecule has 0 saturated carbocycles. The van der Waals surface area contributed by atoms with Crippen LogP contribution in [0.4, 0.5) is 5.69 Å². The number of rotatable bonds is 4. The number of nitrogens with zero attached hydrogens (tertiary/aromatic N) is 3. The van der Waals surface area contributed by atoms with Gasteiger partial charge in [-0.2, -0.15) is 0 Å². The predicted octanol–water partition coefficient (Wildman–Crippen LogP) is 1.37. The average molecular weight is 347 g/mol. The Hall–Kier alpha value is -2.45. The van der Waals surface area contributed by atoms with Gasteiger partial charge in [0.15, 0.2) is 0 Å². The average Bonchev–Trinajstić information content (AvgIpc) is 2.66. The van der Waals surface area contributed by atoms with Gasteiger partial charge in [0.1, 0.15) is 5.56 Å². The largest absolute Gasteiger partial charge is 0.378 e. The molecule has 2 aliphatic rings. The van der Waals surface area contributed by atoms with E-state index < -0.39 is 4.92 Å². The molecule has 0 N–H and O–H groups in total. The zero-order chi connectivity index (χ0) is 17.6. The lowest BCUT2D eigenvalue weighted by Gasteiger charge is -2.27. The van der Waals surface area contributed by atoms with Gasteiger partial charge in [-0.1, -0.05) is 6.07 Å². The highest BCUT2D eigenvalue weighted by molar-refractivity contribution is 5.99. The van der Waals surface area contributed by atoms with Crippen molar-refractivity contribution in [2.45, 2.75) is 0 Å². The summed E-state index contributed by atoms with van der Waals surface area (Å²) in [6, 6.07) is 4.85. The van der Waals surface area contributed by atoms with Crippen molar-refractivity contribution in [3.05, 3.63) is 45.6 Å². The quantitative estimate of drug-likeness (QED) is 0.604. The zero-order valence-corrected chi connectivity index (χ0v) is 13.9. The molecule has 134 valence electrons. The molecule has 2 heterocycles. The number of hydrogen-bond acceptors (Lipinski definition) is 6.